The van der Waals surface area contributed by atoms with E-state index in [0.29, 0.717) is 17.8 Å². The molecule has 1 aromatic heterocycles. The SMILES string of the molecule is CCC(C)n1nc(C(=O)C2CCCCC2)nc1Cc1ccc(-c2ccccc2C(=O)O)cc1. The highest BCUT2D eigenvalue weighted by molar-refractivity contribution is 5.96. The predicted octanol–water partition coefficient (Wildman–Crippen LogP) is 5.97. The third-order valence-corrected chi connectivity index (χ3v) is 6.69. The van der Waals surface area contributed by atoms with Crippen LogP contribution in [-0.4, -0.2) is 31.6 Å². The van der Waals surface area contributed by atoms with Gasteiger partial charge in [0.2, 0.25) is 11.6 Å². The molecule has 0 radical (unpaired) electrons. The summed E-state index contributed by atoms with van der Waals surface area (Å²) in [6.45, 7) is 4.20. The minimum Gasteiger partial charge on any atom is -0.478 e. The maximum Gasteiger partial charge on any atom is 0.336 e. The molecule has 0 saturated heterocycles. The van der Waals surface area contributed by atoms with E-state index in [4.69, 9.17) is 4.98 Å². The van der Waals surface area contributed by atoms with Gasteiger partial charge in [0.05, 0.1) is 11.6 Å². The maximum atomic E-state index is 13.0. The van der Waals surface area contributed by atoms with E-state index in [1.54, 1.807) is 12.1 Å². The molecule has 1 atom stereocenters. The van der Waals surface area contributed by atoms with Crippen LogP contribution < -0.4 is 0 Å². The van der Waals surface area contributed by atoms with Crippen molar-refractivity contribution in [1.82, 2.24) is 14.8 Å². The number of nitrogens with zero attached hydrogens (tertiary/aromatic N) is 3. The normalized spacial score (nSPS) is 15.3. The molecule has 0 amide bonds. The second-order valence-electron chi connectivity index (χ2n) is 8.98. The highest BCUT2D eigenvalue weighted by atomic mass is 16.4. The minimum absolute atomic E-state index is 0.0490. The van der Waals surface area contributed by atoms with Crippen molar-refractivity contribution >= 4 is 11.8 Å². The number of carbonyl (C=O) groups excluding carboxylic acids is 1. The molecule has 0 bridgehead atoms. The maximum absolute atomic E-state index is 13.0. The van der Waals surface area contributed by atoms with Crippen molar-refractivity contribution in [3.05, 3.63) is 71.3 Å². The van der Waals surface area contributed by atoms with Gasteiger partial charge in [-0.15, -0.1) is 5.10 Å². The Morgan fingerprint density at radius 3 is 2.42 bits per heavy atom. The standard InChI is InChI=1S/C27H31N3O3/c1-3-18(2)30-24(28-26(29-30)25(31)21-9-5-4-6-10-21)17-19-13-15-20(16-14-19)22-11-7-8-12-23(22)27(32)33/h7-8,11-16,18,21H,3-6,9-10,17H2,1-2H3,(H,32,33). The molecule has 1 fully saturated rings. The van der Waals surface area contributed by atoms with E-state index in [2.05, 4.69) is 18.9 Å². The lowest BCUT2D eigenvalue weighted by molar-refractivity contribution is 0.0697. The molecule has 4 rings (SSSR count). The molecule has 1 unspecified atom stereocenters. The Labute approximate surface area is 194 Å². The summed E-state index contributed by atoms with van der Waals surface area (Å²) in [6.07, 6.45) is 6.75. The number of carboxylic acids is 1. The number of ketones is 1. The number of aromatic carboxylic acids is 1. The Bertz CT molecular complexity index is 1130. The lowest BCUT2D eigenvalue weighted by Crippen LogP contribution is -2.19. The van der Waals surface area contributed by atoms with Gasteiger partial charge in [-0.25, -0.2) is 14.5 Å². The molecule has 1 aliphatic rings. The topological polar surface area (TPSA) is 85.1 Å². The summed E-state index contributed by atoms with van der Waals surface area (Å²) in [4.78, 5) is 29.3. The lowest BCUT2D eigenvalue weighted by atomic mass is 9.86. The summed E-state index contributed by atoms with van der Waals surface area (Å²) in [5, 5.41) is 14.1. The summed E-state index contributed by atoms with van der Waals surface area (Å²) in [5.74, 6) is 0.337. The van der Waals surface area contributed by atoms with Gasteiger partial charge in [-0.3, -0.25) is 4.79 Å². The fraction of sp³-hybridized carbons (Fsp3) is 0.407. The number of aromatic nitrogens is 3. The van der Waals surface area contributed by atoms with Crippen molar-refractivity contribution in [3.63, 3.8) is 0 Å². The van der Waals surface area contributed by atoms with Gasteiger partial charge in [-0.2, -0.15) is 0 Å². The Balaban J connectivity index is 1.58. The molecule has 1 aliphatic carbocycles. The van der Waals surface area contributed by atoms with E-state index < -0.39 is 5.97 Å². The first-order valence-electron chi connectivity index (χ1n) is 11.9. The van der Waals surface area contributed by atoms with Crippen LogP contribution in [0.5, 0.6) is 0 Å². The molecule has 6 heteroatoms. The van der Waals surface area contributed by atoms with E-state index in [-0.39, 0.29) is 23.3 Å². The van der Waals surface area contributed by atoms with Crippen LogP contribution in [0.4, 0.5) is 0 Å². The number of carbonyl (C=O) groups is 2. The first-order valence-corrected chi connectivity index (χ1v) is 11.9. The molecular weight excluding hydrogens is 414 g/mol. The molecule has 3 aromatic rings. The fourth-order valence-electron chi connectivity index (χ4n) is 4.56. The molecule has 1 heterocycles. The van der Waals surface area contributed by atoms with Crippen LogP contribution in [-0.2, 0) is 6.42 Å². The fourth-order valence-corrected chi connectivity index (χ4v) is 4.56. The van der Waals surface area contributed by atoms with Gasteiger partial charge in [0.15, 0.2) is 0 Å². The zero-order valence-electron chi connectivity index (χ0n) is 19.3. The van der Waals surface area contributed by atoms with Gasteiger partial charge >= 0.3 is 5.97 Å². The highest BCUT2D eigenvalue weighted by Gasteiger charge is 2.27. The molecule has 0 aliphatic heterocycles. The van der Waals surface area contributed by atoms with Crippen LogP contribution in [0.25, 0.3) is 11.1 Å². The molecule has 1 N–H and O–H groups in total. The van der Waals surface area contributed by atoms with Crippen LogP contribution in [0.2, 0.25) is 0 Å². The summed E-state index contributed by atoms with van der Waals surface area (Å²) in [6, 6.07) is 15.0. The van der Waals surface area contributed by atoms with Gasteiger partial charge in [-0.05, 0) is 48.9 Å². The Morgan fingerprint density at radius 2 is 1.76 bits per heavy atom. The van der Waals surface area contributed by atoms with Crippen LogP contribution in [0, 0.1) is 5.92 Å². The van der Waals surface area contributed by atoms with Crippen molar-refractivity contribution in [1.29, 1.82) is 0 Å². The number of hydrogen-bond acceptors (Lipinski definition) is 4. The van der Waals surface area contributed by atoms with E-state index in [1.165, 1.54) is 6.42 Å². The average molecular weight is 446 g/mol. The van der Waals surface area contributed by atoms with E-state index in [1.807, 2.05) is 41.1 Å². The monoisotopic (exact) mass is 445 g/mol. The first kappa shape index (κ1) is 22.9. The summed E-state index contributed by atoms with van der Waals surface area (Å²) in [7, 11) is 0. The number of benzene rings is 2. The van der Waals surface area contributed by atoms with Gasteiger partial charge in [-0.1, -0.05) is 68.7 Å². The summed E-state index contributed by atoms with van der Waals surface area (Å²) < 4.78 is 1.91. The molecule has 172 valence electrons. The zero-order valence-corrected chi connectivity index (χ0v) is 19.3. The van der Waals surface area contributed by atoms with Gasteiger partial charge in [0.25, 0.3) is 0 Å². The number of Topliss-reactive ketones (excluding diaryl/α,β-unsaturated/α-hetero) is 1. The third-order valence-electron chi connectivity index (χ3n) is 6.69. The van der Waals surface area contributed by atoms with Gasteiger partial charge < -0.3 is 5.11 Å². The Kier molecular flexibility index (Phi) is 7.02. The number of hydrogen-bond donors (Lipinski definition) is 1. The van der Waals surface area contributed by atoms with Crippen LogP contribution in [0.3, 0.4) is 0 Å². The number of carboxylic acid groups (broad SMARTS) is 1. The van der Waals surface area contributed by atoms with Gasteiger partial charge in [0.1, 0.15) is 5.82 Å². The van der Waals surface area contributed by atoms with Crippen molar-refractivity contribution in [3.8, 4) is 11.1 Å². The second kappa shape index (κ2) is 10.1. The first-order chi connectivity index (χ1) is 16.0. The summed E-state index contributed by atoms with van der Waals surface area (Å²) in [5.41, 5.74) is 2.88. The molecule has 2 aromatic carbocycles. The summed E-state index contributed by atoms with van der Waals surface area (Å²) >= 11 is 0. The second-order valence-corrected chi connectivity index (χ2v) is 8.98. The largest absolute Gasteiger partial charge is 0.478 e. The van der Waals surface area contributed by atoms with E-state index in [0.717, 1.165) is 49.1 Å². The van der Waals surface area contributed by atoms with Gasteiger partial charge in [0, 0.05) is 12.3 Å². The van der Waals surface area contributed by atoms with E-state index >= 15 is 0 Å². The third kappa shape index (κ3) is 5.05. The molecular formula is C27H31N3O3. The molecule has 0 spiro atoms. The molecule has 6 nitrogen and oxygen atoms in total. The smallest absolute Gasteiger partial charge is 0.336 e. The lowest BCUT2D eigenvalue weighted by Gasteiger charge is -2.18. The van der Waals surface area contributed by atoms with Crippen molar-refractivity contribution < 1.29 is 14.7 Å². The van der Waals surface area contributed by atoms with E-state index in [9.17, 15) is 14.7 Å². The average Bonchev–Trinajstić information content (AvgIpc) is 3.27. The Hall–Kier alpha value is -3.28. The molecule has 1 saturated carbocycles. The Morgan fingerprint density at radius 1 is 1.06 bits per heavy atom. The van der Waals surface area contributed by atoms with Crippen LogP contribution in [0.15, 0.2) is 48.5 Å². The zero-order chi connectivity index (χ0) is 23.4. The van der Waals surface area contributed by atoms with Crippen molar-refractivity contribution in [2.75, 3.05) is 0 Å². The van der Waals surface area contributed by atoms with Crippen molar-refractivity contribution in [2.24, 2.45) is 5.92 Å². The molecule has 33 heavy (non-hydrogen) atoms. The highest BCUT2D eigenvalue weighted by Crippen LogP contribution is 2.28. The quantitative estimate of drug-likeness (QED) is 0.432. The number of rotatable bonds is 8. The minimum atomic E-state index is -0.938. The van der Waals surface area contributed by atoms with Crippen LogP contribution >= 0.6 is 0 Å². The van der Waals surface area contributed by atoms with Crippen molar-refractivity contribution in [2.45, 2.75) is 64.8 Å². The van der Waals surface area contributed by atoms with Crippen LogP contribution in [0.1, 0.15) is 90.8 Å². The predicted molar refractivity (Wildman–Crippen MR) is 128 cm³/mol.